The van der Waals surface area contributed by atoms with E-state index in [0.29, 0.717) is 31.9 Å². The Labute approximate surface area is 173 Å². The lowest BCUT2D eigenvalue weighted by Gasteiger charge is -2.33. The summed E-state index contributed by atoms with van der Waals surface area (Å²) in [4.78, 5) is 27.4. The molecule has 9 heteroatoms. The predicted octanol–water partition coefficient (Wildman–Crippen LogP) is 1.87. The van der Waals surface area contributed by atoms with Crippen molar-refractivity contribution in [2.75, 3.05) is 26.3 Å². The first-order valence-electron chi connectivity index (χ1n) is 9.38. The number of morpholine rings is 1. The van der Waals surface area contributed by atoms with Crippen molar-refractivity contribution in [1.82, 2.24) is 9.62 Å². The standard InChI is InChI=1S/C21H19FN2O5S/c22-15-7-5-14(6-8-15)13-23-30(27,28)21-18(24-9-11-29-12-10-24)19(25)16-3-1-2-4-17(16)20(21)26/h1-8,23H,9-13H2. The lowest BCUT2D eigenvalue weighted by Crippen LogP contribution is -2.43. The molecule has 1 aliphatic carbocycles. The van der Waals surface area contributed by atoms with Crippen LogP contribution >= 0.6 is 0 Å². The van der Waals surface area contributed by atoms with Gasteiger partial charge in [0.1, 0.15) is 11.5 Å². The molecule has 156 valence electrons. The minimum atomic E-state index is -4.33. The van der Waals surface area contributed by atoms with Crippen LogP contribution in [0.5, 0.6) is 0 Å². The van der Waals surface area contributed by atoms with E-state index in [1.54, 1.807) is 17.0 Å². The van der Waals surface area contributed by atoms with E-state index in [4.69, 9.17) is 4.74 Å². The Morgan fingerprint density at radius 3 is 2.17 bits per heavy atom. The summed E-state index contributed by atoms with van der Waals surface area (Å²) in [5, 5.41) is 0. The van der Waals surface area contributed by atoms with Crippen molar-refractivity contribution in [3.05, 3.63) is 81.6 Å². The summed E-state index contributed by atoms with van der Waals surface area (Å²) >= 11 is 0. The van der Waals surface area contributed by atoms with Gasteiger partial charge in [0.25, 0.3) is 0 Å². The number of rotatable bonds is 5. The number of hydrogen-bond donors (Lipinski definition) is 1. The van der Waals surface area contributed by atoms with E-state index in [1.165, 1.54) is 36.4 Å². The number of benzene rings is 2. The average molecular weight is 430 g/mol. The zero-order valence-corrected chi connectivity index (χ0v) is 16.7. The van der Waals surface area contributed by atoms with E-state index >= 15 is 0 Å². The average Bonchev–Trinajstić information content (AvgIpc) is 2.76. The van der Waals surface area contributed by atoms with E-state index in [1.807, 2.05) is 0 Å². The molecule has 1 fully saturated rings. The molecule has 7 nitrogen and oxygen atoms in total. The van der Waals surface area contributed by atoms with Gasteiger partial charge < -0.3 is 9.64 Å². The molecule has 1 heterocycles. The van der Waals surface area contributed by atoms with Gasteiger partial charge in [-0.3, -0.25) is 9.59 Å². The predicted molar refractivity (Wildman–Crippen MR) is 107 cm³/mol. The molecule has 1 N–H and O–H groups in total. The molecule has 30 heavy (non-hydrogen) atoms. The quantitative estimate of drug-likeness (QED) is 0.779. The van der Waals surface area contributed by atoms with Gasteiger partial charge in [0, 0.05) is 30.8 Å². The van der Waals surface area contributed by atoms with Crippen LogP contribution in [0, 0.1) is 5.82 Å². The number of halogens is 1. The van der Waals surface area contributed by atoms with E-state index in [-0.39, 0.29) is 23.4 Å². The summed E-state index contributed by atoms with van der Waals surface area (Å²) in [7, 11) is -4.33. The van der Waals surface area contributed by atoms with E-state index in [2.05, 4.69) is 4.72 Å². The molecule has 2 aromatic rings. The van der Waals surface area contributed by atoms with Crippen molar-refractivity contribution >= 4 is 21.6 Å². The minimum Gasteiger partial charge on any atom is -0.378 e. The number of carbonyl (C=O) groups is 2. The highest BCUT2D eigenvalue weighted by molar-refractivity contribution is 7.94. The van der Waals surface area contributed by atoms with Crippen LogP contribution in [0.4, 0.5) is 4.39 Å². The summed E-state index contributed by atoms with van der Waals surface area (Å²) in [6.07, 6.45) is 0. The molecule has 1 aliphatic heterocycles. The van der Waals surface area contributed by atoms with Gasteiger partial charge in [0.15, 0.2) is 4.91 Å². The lowest BCUT2D eigenvalue weighted by atomic mass is 9.91. The van der Waals surface area contributed by atoms with Crippen LogP contribution in [0.15, 0.2) is 59.1 Å². The highest BCUT2D eigenvalue weighted by atomic mass is 32.2. The second-order valence-electron chi connectivity index (χ2n) is 6.93. The maximum Gasteiger partial charge on any atom is 0.247 e. The van der Waals surface area contributed by atoms with Crippen LogP contribution < -0.4 is 4.72 Å². The Morgan fingerprint density at radius 2 is 1.53 bits per heavy atom. The van der Waals surface area contributed by atoms with Crippen molar-refractivity contribution in [1.29, 1.82) is 0 Å². The van der Waals surface area contributed by atoms with Crippen molar-refractivity contribution in [3.8, 4) is 0 Å². The van der Waals surface area contributed by atoms with Crippen LogP contribution in [0.3, 0.4) is 0 Å². The summed E-state index contributed by atoms with van der Waals surface area (Å²) < 4.78 is 47.1. The van der Waals surface area contributed by atoms with Gasteiger partial charge >= 0.3 is 0 Å². The van der Waals surface area contributed by atoms with Crippen LogP contribution in [0.2, 0.25) is 0 Å². The van der Waals surface area contributed by atoms with Gasteiger partial charge in [-0.15, -0.1) is 0 Å². The number of nitrogens with one attached hydrogen (secondary N) is 1. The molecule has 0 radical (unpaired) electrons. The largest absolute Gasteiger partial charge is 0.378 e. The first-order chi connectivity index (χ1) is 14.4. The molecule has 0 atom stereocenters. The van der Waals surface area contributed by atoms with E-state index < -0.39 is 32.3 Å². The highest BCUT2D eigenvalue weighted by Gasteiger charge is 2.41. The monoisotopic (exact) mass is 430 g/mol. The first kappa shape index (κ1) is 20.4. The fourth-order valence-corrected chi connectivity index (χ4v) is 4.85. The molecule has 0 spiro atoms. The van der Waals surface area contributed by atoms with E-state index in [0.717, 1.165) is 0 Å². The van der Waals surface area contributed by atoms with E-state index in [9.17, 15) is 22.4 Å². The number of hydrogen-bond acceptors (Lipinski definition) is 6. The summed E-state index contributed by atoms with van der Waals surface area (Å²) in [6.45, 7) is 1.10. The Kier molecular flexibility index (Phi) is 5.50. The summed E-state index contributed by atoms with van der Waals surface area (Å²) in [5.74, 6) is -1.67. The number of nitrogens with zero attached hydrogens (tertiary/aromatic N) is 1. The Bertz CT molecular complexity index is 1140. The maximum atomic E-state index is 13.2. The number of fused-ring (bicyclic) bond motifs is 1. The number of carbonyl (C=O) groups excluding carboxylic acids is 2. The molecule has 2 aliphatic rings. The zero-order valence-electron chi connectivity index (χ0n) is 15.9. The second-order valence-corrected chi connectivity index (χ2v) is 8.64. The van der Waals surface area contributed by atoms with Crippen molar-refractivity contribution < 1.29 is 27.1 Å². The third kappa shape index (κ3) is 3.79. The van der Waals surface area contributed by atoms with Gasteiger partial charge in [0.2, 0.25) is 21.6 Å². The van der Waals surface area contributed by atoms with Crippen LogP contribution in [-0.4, -0.2) is 51.2 Å². The molecule has 0 saturated carbocycles. The molecular weight excluding hydrogens is 411 g/mol. The highest BCUT2D eigenvalue weighted by Crippen LogP contribution is 2.31. The number of ether oxygens (including phenoxy) is 1. The first-order valence-corrected chi connectivity index (χ1v) is 10.9. The molecule has 0 bridgehead atoms. The molecule has 2 aromatic carbocycles. The van der Waals surface area contributed by atoms with Gasteiger partial charge in [-0.1, -0.05) is 36.4 Å². The van der Waals surface area contributed by atoms with Gasteiger partial charge in [-0.2, -0.15) is 0 Å². The molecular formula is C21H19FN2O5S. The normalized spacial score (nSPS) is 17.3. The fourth-order valence-electron chi connectivity index (χ4n) is 3.52. The zero-order chi connectivity index (χ0) is 21.3. The number of ketones is 2. The summed E-state index contributed by atoms with van der Waals surface area (Å²) in [6, 6.07) is 11.5. The van der Waals surface area contributed by atoms with Gasteiger partial charge in [-0.25, -0.2) is 17.5 Å². The minimum absolute atomic E-state index is 0.0571. The third-order valence-electron chi connectivity index (χ3n) is 5.03. The second kappa shape index (κ2) is 8.10. The Balaban J connectivity index is 1.76. The molecule has 4 rings (SSSR count). The summed E-state index contributed by atoms with van der Waals surface area (Å²) in [5.41, 5.74) is 0.625. The Hall–Kier alpha value is -2.88. The van der Waals surface area contributed by atoms with Crippen molar-refractivity contribution in [3.63, 3.8) is 0 Å². The Morgan fingerprint density at radius 1 is 0.933 bits per heavy atom. The molecule has 0 aromatic heterocycles. The molecule has 0 amide bonds. The SMILES string of the molecule is O=C1C(N2CCOCC2)=C(S(=O)(=O)NCc2ccc(F)cc2)C(=O)c2ccccc21. The van der Waals surface area contributed by atoms with Crippen LogP contribution in [0.25, 0.3) is 0 Å². The number of Topliss-reactive ketones (excluding diaryl/α,β-unsaturated/α-hetero) is 2. The molecule has 1 saturated heterocycles. The fraction of sp³-hybridized carbons (Fsp3) is 0.238. The van der Waals surface area contributed by atoms with Gasteiger partial charge in [-0.05, 0) is 17.7 Å². The number of sulfonamides is 1. The van der Waals surface area contributed by atoms with Crippen LogP contribution in [0.1, 0.15) is 26.3 Å². The van der Waals surface area contributed by atoms with Gasteiger partial charge in [0.05, 0.1) is 13.2 Å². The van der Waals surface area contributed by atoms with Crippen LogP contribution in [-0.2, 0) is 21.3 Å². The van der Waals surface area contributed by atoms with Crippen molar-refractivity contribution in [2.24, 2.45) is 0 Å². The maximum absolute atomic E-state index is 13.2. The molecule has 0 unspecified atom stereocenters. The smallest absolute Gasteiger partial charge is 0.247 e. The number of allylic oxidation sites excluding steroid dienone is 2. The van der Waals surface area contributed by atoms with Crippen molar-refractivity contribution in [2.45, 2.75) is 6.54 Å². The topological polar surface area (TPSA) is 92.8 Å². The lowest BCUT2D eigenvalue weighted by molar-refractivity contribution is 0.0499. The third-order valence-corrected chi connectivity index (χ3v) is 6.47.